The topological polar surface area (TPSA) is 128 Å². The molecule has 0 atom stereocenters. The molecule has 0 heterocycles. The van der Waals surface area contributed by atoms with Crippen molar-refractivity contribution in [3.05, 3.63) is 54.5 Å². The summed E-state index contributed by atoms with van der Waals surface area (Å²) in [5.41, 5.74) is 0.975. The summed E-state index contributed by atoms with van der Waals surface area (Å²) >= 11 is 6.81. The van der Waals surface area contributed by atoms with Crippen LogP contribution < -0.4 is 14.2 Å². The summed E-state index contributed by atoms with van der Waals surface area (Å²) in [6, 6.07) is 4.59. The van der Waals surface area contributed by atoms with Crippen molar-refractivity contribution in [2.45, 2.75) is 17.9 Å². The third-order valence-electron chi connectivity index (χ3n) is 4.09. The van der Waals surface area contributed by atoms with E-state index in [2.05, 4.69) is 36.6 Å². The van der Waals surface area contributed by atoms with E-state index in [4.69, 9.17) is 9.47 Å². The van der Waals surface area contributed by atoms with Gasteiger partial charge in [-0.05, 0) is 56.0 Å². The number of halogens is 2. The van der Waals surface area contributed by atoms with E-state index in [0.717, 1.165) is 12.1 Å². The molecule has 2 aromatic carbocycles. The molecular formula is C17H18Br2N2O7S. The fourth-order valence-electron chi connectivity index (χ4n) is 2.67. The Morgan fingerprint density at radius 2 is 1.59 bits per heavy atom. The van der Waals surface area contributed by atoms with Gasteiger partial charge in [-0.2, -0.15) is 0 Å². The van der Waals surface area contributed by atoms with E-state index in [1.807, 2.05) is 0 Å². The Balaban J connectivity index is 2.25. The monoisotopic (exact) mass is 552 g/mol. The third kappa shape index (κ3) is 5.07. The van der Waals surface area contributed by atoms with Gasteiger partial charge < -0.3 is 14.6 Å². The summed E-state index contributed by atoms with van der Waals surface area (Å²) in [7, 11) is -0.929. The number of rotatable bonds is 9. The molecule has 0 aliphatic heterocycles. The molecule has 0 aliphatic carbocycles. The predicted molar refractivity (Wildman–Crippen MR) is 113 cm³/mol. The number of ether oxygens (including phenoxy) is 2. The van der Waals surface area contributed by atoms with Gasteiger partial charge in [-0.15, -0.1) is 0 Å². The second-order valence-electron chi connectivity index (χ2n) is 5.71. The van der Waals surface area contributed by atoms with Crippen molar-refractivity contribution in [1.29, 1.82) is 0 Å². The van der Waals surface area contributed by atoms with Gasteiger partial charge in [0, 0.05) is 24.2 Å². The van der Waals surface area contributed by atoms with Crippen molar-refractivity contribution in [3.8, 4) is 11.5 Å². The number of nitro groups is 1. The largest absolute Gasteiger partial charge is 0.492 e. The van der Waals surface area contributed by atoms with Crippen LogP contribution in [0.4, 0.5) is 5.69 Å². The first kappa shape index (κ1) is 23.5. The Labute approximate surface area is 184 Å². The Morgan fingerprint density at radius 3 is 2.03 bits per heavy atom. The van der Waals surface area contributed by atoms with Crippen LogP contribution in [-0.2, 0) is 23.1 Å². The normalized spacial score (nSPS) is 11.3. The highest BCUT2D eigenvalue weighted by molar-refractivity contribution is 9.11. The van der Waals surface area contributed by atoms with Gasteiger partial charge in [0.1, 0.15) is 0 Å². The molecule has 0 aromatic heterocycles. The summed E-state index contributed by atoms with van der Waals surface area (Å²) < 4.78 is 39.0. The number of aliphatic hydroxyl groups excluding tert-OH is 1. The molecule has 2 aromatic rings. The van der Waals surface area contributed by atoms with Crippen LogP contribution >= 0.6 is 31.9 Å². The van der Waals surface area contributed by atoms with Crippen LogP contribution in [0.25, 0.3) is 0 Å². The van der Waals surface area contributed by atoms with E-state index in [1.54, 1.807) is 0 Å². The number of aliphatic hydroxyl groups is 1. The molecule has 0 saturated heterocycles. The fourth-order valence-corrected chi connectivity index (χ4v) is 5.19. The Bertz CT molecular complexity index is 1010. The Hall–Kier alpha value is -1.73. The predicted octanol–water partition coefficient (Wildman–Crippen LogP) is 3.15. The van der Waals surface area contributed by atoms with E-state index in [1.165, 1.54) is 26.4 Å². The number of nitrogens with zero attached hydrogens (tertiary/aromatic N) is 1. The van der Waals surface area contributed by atoms with Crippen LogP contribution in [0.2, 0.25) is 0 Å². The fraction of sp³-hybridized carbons (Fsp3) is 0.294. The molecule has 0 amide bonds. The zero-order chi connectivity index (χ0) is 21.8. The molecule has 0 radical (unpaired) electrons. The SMILES string of the molecule is COc1c(Br)c(CO)c(CCNS(=O)(=O)c2ccc([N+](=O)[O-])cc2)c(Br)c1OC. The number of non-ortho nitro benzene ring substituents is 1. The highest BCUT2D eigenvalue weighted by Gasteiger charge is 2.23. The number of methoxy groups -OCH3 is 2. The second-order valence-corrected chi connectivity index (χ2v) is 9.06. The van der Waals surface area contributed by atoms with Gasteiger partial charge in [-0.3, -0.25) is 10.1 Å². The minimum Gasteiger partial charge on any atom is -0.492 e. The van der Waals surface area contributed by atoms with Crippen molar-refractivity contribution in [3.63, 3.8) is 0 Å². The van der Waals surface area contributed by atoms with E-state index in [0.29, 0.717) is 31.6 Å². The maximum atomic E-state index is 12.4. The molecule has 0 fully saturated rings. The quantitative estimate of drug-likeness (QED) is 0.360. The molecule has 0 unspecified atom stereocenters. The highest BCUT2D eigenvalue weighted by atomic mass is 79.9. The molecule has 0 bridgehead atoms. The second kappa shape index (κ2) is 9.85. The number of hydrogen-bond donors (Lipinski definition) is 2. The average molecular weight is 554 g/mol. The molecule has 2 rings (SSSR count). The smallest absolute Gasteiger partial charge is 0.269 e. The van der Waals surface area contributed by atoms with Crippen molar-refractivity contribution < 1.29 is 27.9 Å². The zero-order valence-electron chi connectivity index (χ0n) is 15.4. The molecule has 0 spiro atoms. The lowest BCUT2D eigenvalue weighted by atomic mass is 10.0. The molecule has 158 valence electrons. The minimum absolute atomic E-state index is 0.0207. The lowest BCUT2D eigenvalue weighted by Gasteiger charge is -2.19. The average Bonchev–Trinajstić information content (AvgIpc) is 2.70. The maximum Gasteiger partial charge on any atom is 0.269 e. The van der Waals surface area contributed by atoms with Crippen LogP contribution in [0.15, 0.2) is 38.1 Å². The summed E-state index contributed by atoms with van der Waals surface area (Å²) in [6.45, 7) is -0.281. The van der Waals surface area contributed by atoms with Gasteiger partial charge in [0.15, 0.2) is 11.5 Å². The first-order chi connectivity index (χ1) is 13.7. The van der Waals surface area contributed by atoms with E-state index >= 15 is 0 Å². The molecule has 0 saturated carbocycles. The standard InChI is InChI=1S/C17H18Br2N2O7S/c1-27-16-14(18)12(13(9-22)15(19)17(16)28-2)7-8-20-29(25,26)11-5-3-10(4-6-11)21(23)24/h3-6,20,22H,7-9H2,1-2H3. The first-order valence-corrected chi connectivity index (χ1v) is 11.2. The molecule has 0 aliphatic rings. The van der Waals surface area contributed by atoms with Crippen LogP contribution in [0.1, 0.15) is 11.1 Å². The lowest BCUT2D eigenvalue weighted by Crippen LogP contribution is -2.26. The molecule has 9 nitrogen and oxygen atoms in total. The summed E-state index contributed by atoms with van der Waals surface area (Å²) in [6.07, 6.45) is 0.238. The Morgan fingerprint density at radius 1 is 1.07 bits per heavy atom. The van der Waals surface area contributed by atoms with Crippen molar-refractivity contribution >= 4 is 47.6 Å². The summed E-state index contributed by atoms with van der Waals surface area (Å²) in [5.74, 6) is 0.809. The molecular weight excluding hydrogens is 536 g/mol. The van der Waals surface area contributed by atoms with Crippen LogP contribution in [-0.4, -0.2) is 39.2 Å². The third-order valence-corrected chi connectivity index (χ3v) is 7.24. The van der Waals surface area contributed by atoms with Crippen molar-refractivity contribution in [2.75, 3.05) is 20.8 Å². The lowest BCUT2D eigenvalue weighted by molar-refractivity contribution is -0.384. The van der Waals surface area contributed by atoms with Crippen LogP contribution in [0.5, 0.6) is 11.5 Å². The molecule has 29 heavy (non-hydrogen) atoms. The first-order valence-electron chi connectivity index (χ1n) is 8.13. The number of benzene rings is 2. The minimum atomic E-state index is -3.86. The van der Waals surface area contributed by atoms with E-state index < -0.39 is 14.9 Å². The summed E-state index contributed by atoms with van der Waals surface area (Å²) in [4.78, 5) is 10.0. The van der Waals surface area contributed by atoms with Gasteiger partial charge in [0.25, 0.3) is 5.69 Å². The van der Waals surface area contributed by atoms with Crippen LogP contribution in [0.3, 0.4) is 0 Å². The highest BCUT2D eigenvalue weighted by Crippen LogP contribution is 2.46. The van der Waals surface area contributed by atoms with Crippen molar-refractivity contribution in [1.82, 2.24) is 4.72 Å². The van der Waals surface area contributed by atoms with Gasteiger partial charge in [0.05, 0.1) is 39.6 Å². The zero-order valence-corrected chi connectivity index (χ0v) is 19.4. The van der Waals surface area contributed by atoms with Gasteiger partial charge in [-0.25, -0.2) is 13.1 Å². The number of hydrogen-bond acceptors (Lipinski definition) is 7. The van der Waals surface area contributed by atoms with Crippen molar-refractivity contribution in [2.24, 2.45) is 0 Å². The number of nitrogens with one attached hydrogen (secondary N) is 1. The summed E-state index contributed by atoms with van der Waals surface area (Å²) in [5, 5.41) is 20.5. The van der Waals surface area contributed by atoms with Gasteiger partial charge in [0.2, 0.25) is 10.0 Å². The van der Waals surface area contributed by atoms with Crippen LogP contribution in [0, 0.1) is 10.1 Å². The number of sulfonamides is 1. The molecule has 12 heteroatoms. The number of nitro benzene ring substituents is 1. The van der Waals surface area contributed by atoms with Gasteiger partial charge >= 0.3 is 0 Å². The Kier molecular flexibility index (Phi) is 8.00. The molecule has 2 N–H and O–H groups in total. The maximum absolute atomic E-state index is 12.4. The van der Waals surface area contributed by atoms with E-state index in [9.17, 15) is 23.6 Å². The van der Waals surface area contributed by atoms with E-state index in [-0.39, 0.29) is 30.2 Å². The van der Waals surface area contributed by atoms with Gasteiger partial charge in [-0.1, -0.05) is 0 Å².